The van der Waals surface area contributed by atoms with E-state index in [-0.39, 0.29) is 0 Å². The summed E-state index contributed by atoms with van der Waals surface area (Å²) >= 11 is 1.92. The molecule has 2 aromatic heterocycles. The SMILES string of the molecule is Cc1sc2c(C)c3[nH]c4ccccc4c3c(C)c2c1C. The molecule has 0 aliphatic carbocycles. The van der Waals surface area contributed by atoms with Crippen LogP contribution in [0.1, 0.15) is 21.6 Å². The molecule has 2 aromatic carbocycles. The first-order chi connectivity index (χ1) is 9.59. The van der Waals surface area contributed by atoms with E-state index >= 15 is 0 Å². The molecule has 0 radical (unpaired) electrons. The third-order valence-corrected chi connectivity index (χ3v) is 5.88. The van der Waals surface area contributed by atoms with Crippen molar-refractivity contribution < 1.29 is 0 Å². The molecule has 0 saturated carbocycles. The second-order valence-electron chi connectivity index (χ2n) is 5.66. The maximum atomic E-state index is 3.61. The minimum atomic E-state index is 1.24. The molecule has 0 amide bonds. The summed E-state index contributed by atoms with van der Waals surface area (Å²) < 4.78 is 1.44. The van der Waals surface area contributed by atoms with Gasteiger partial charge in [0.25, 0.3) is 0 Å². The van der Waals surface area contributed by atoms with E-state index in [0.29, 0.717) is 0 Å². The summed E-state index contributed by atoms with van der Waals surface area (Å²) in [4.78, 5) is 5.05. The number of hydrogen-bond acceptors (Lipinski definition) is 1. The molecule has 20 heavy (non-hydrogen) atoms. The van der Waals surface area contributed by atoms with E-state index in [9.17, 15) is 0 Å². The van der Waals surface area contributed by atoms with Crippen LogP contribution in [0.15, 0.2) is 24.3 Å². The Labute approximate surface area is 122 Å². The van der Waals surface area contributed by atoms with Gasteiger partial charge in [0, 0.05) is 25.9 Å². The van der Waals surface area contributed by atoms with E-state index in [1.54, 1.807) is 0 Å². The average Bonchev–Trinajstić information content (AvgIpc) is 2.96. The Morgan fingerprint density at radius 3 is 2.40 bits per heavy atom. The maximum absolute atomic E-state index is 3.61. The molecule has 0 aliphatic rings. The number of H-pyrrole nitrogens is 1. The monoisotopic (exact) mass is 279 g/mol. The van der Waals surface area contributed by atoms with Gasteiger partial charge in [-0.2, -0.15) is 0 Å². The lowest BCUT2D eigenvalue weighted by Crippen LogP contribution is -1.84. The van der Waals surface area contributed by atoms with E-state index in [4.69, 9.17) is 0 Å². The number of hydrogen-bond donors (Lipinski definition) is 1. The maximum Gasteiger partial charge on any atom is 0.0511 e. The van der Waals surface area contributed by atoms with Gasteiger partial charge in [0.05, 0.1) is 5.52 Å². The fraction of sp³-hybridized carbons (Fsp3) is 0.222. The number of fused-ring (bicyclic) bond motifs is 4. The second kappa shape index (κ2) is 3.86. The first-order valence-corrected chi connectivity index (χ1v) is 7.80. The van der Waals surface area contributed by atoms with Crippen LogP contribution in [-0.2, 0) is 0 Å². The lowest BCUT2D eigenvalue weighted by molar-refractivity contribution is 1.44. The van der Waals surface area contributed by atoms with Crippen molar-refractivity contribution in [3.05, 3.63) is 45.8 Å². The van der Waals surface area contributed by atoms with Crippen LogP contribution in [0.4, 0.5) is 0 Å². The van der Waals surface area contributed by atoms with Crippen molar-refractivity contribution in [1.82, 2.24) is 4.98 Å². The standard InChI is InChI=1S/C18H17NS/c1-9-12(4)20-18-11(3)17-16(10(2)15(9)18)13-7-5-6-8-14(13)19-17/h5-8,19H,1-4H3. The van der Waals surface area contributed by atoms with E-state index in [2.05, 4.69) is 56.9 Å². The number of para-hydroxylation sites is 1. The number of aromatic nitrogens is 1. The van der Waals surface area contributed by atoms with Crippen molar-refractivity contribution in [2.75, 3.05) is 0 Å². The Hall–Kier alpha value is -1.80. The molecule has 1 nitrogen and oxygen atoms in total. The predicted octanol–water partition coefficient (Wildman–Crippen LogP) is 5.77. The summed E-state index contributed by atoms with van der Waals surface area (Å²) in [5, 5.41) is 4.20. The Balaban J connectivity index is 2.39. The molecule has 0 aliphatic heterocycles. The van der Waals surface area contributed by atoms with Crippen LogP contribution in [0.5, 0.6) is 0 Å². The highest BCUT2D eigenvalue weighted by atomic mass is 32.1. The van der Waals surface area contributed by atoms with Crippen molar-refractivity contribution >= 4 is 43.2 Å². The van der Waals surface area contributed by atoms with Gasteiger partial charge in [0.15, 0.2) is 0 Å². The Morgan fingerprint density at radius 2 is 1.60 bits per heavy atom. The summed E-state index contributed by atoms with van der Waals surface area (Å²) in [5.41, 5.74) is 6.79. The normalized spacial score (nSPS) is 12.0. The number of thiophene rings is 1. The molecule has 1 N–H and O–H groups in total. The molecule has 100 valence electrons. The van der Waals surface area contributed by atoms with Crippen LogP contribution in [0.25, 0.3) is 31.9 Å². The van der Waals surface area contributed by atoms with Crippen LogP contribution in [-0.4, -0.2) is 4.98 Å². The highest BCUT2D eigenvalue weighted by Crippen LogP contribution is 2.41. The van der Waals surface area contributed by atoms with E-state index in [1.807, 2.05) is 11.3 Å². The van der Waals surface area contributed by atoms with E-state index in [0.717, 1.165) is 0 Å². The Morgan fingerprint density at radius 1 is 0.850 bits per heavy atom. The molecule has 0 unspecified atom stereocenters. The number of aryl methyl sites for hydroxylation is 4. The van der Waals surface area contributed by atoms with Gasteiger partial charge in [-0.1, -0.05) is 18.2 Å². The Bertz CT molecular complexity index is 985. The molecule has 2 heteroatoms. The van der Waals surface area contributed by atoms with Gasteiger partial charge in [0.2, 0.25) is 0 Å². The average molecular weight is 279 g/mol. The summed E-state index contributed by atoms with van der Waals surface area (Å²) in [7, 11) is 0. The van der Waals surface area contributed by atoms with Gasteiger partial charge < -0.3 is 4.98 Å². The summed E-state index contributed by atoms with van der Waals surface area (Å²) in [5.74, 6) is 0. The van der Waals surface area contributed by atoms with Gasteiger partial charge in [-0.3, -0.25) is 0 Å². The fourth-order valence-electron chi connectivity index (χ4n) is 3.39. The zero-order valence-corrected chi connectivity index (χ0v) is 13.0. The zero-order chi connectivity index (χ0) is 14.0. The molecule has 2 heterocycles. The molecule has 0 atom stereocenters. The van der Waals surface area contributed by atoms with Gasteiger partial charge in [0.1, 0.15) is 0 Å². The Kier molecular flexibility index (Phi) is 2.31. The van der Waals surface area contributed by atoms with Gasteiger partial charge in [-0.25, -0.2) is 0 Å². The highest BCUT2D eigenvalue weighted by molar-refractivity contribution is 7.19. The van der Waals surface area contributed by atoms with Crippen molar-refractivity contribution in [3.63, 3.8) is 0 Å². The number of nitrogens with one attached hydrogen (secondary N) is 1. The summed E-state index contributed by atoms with van der Waals surface area (Å²) in [6.45, 7) is 8.99. The summed E-state index contributed by atoms with van der Waals surface area (Å²) in [6, 6.07) is 8.61. The molecule has 0 bridgehead atoms. The highest BCUT2D eigenvalue weighted by Gasteiger charge is 2.17. The molecular formula is C18H17NS. The fourth-order valence-corrected chi connectivity index (χ4v) is 4.62. The van der Waals surface area contributed by atoms with Crippen LogP contribution >= 0.6 is 11.3 Å². The van der Waals surface area contributed by atoms with Crippen LogP contribution in [0.2, 0.25) is 0 Å². The van der Waals surface area contributed by atoms with Crippen molar-refractivity contribution in [2.24, 2.45) is 0 Å². The topological polar surface area (TPSA) is 15.8 Å². The summed E-state index contributed by atoms with van der Waals surface area (Å²) in [6.07, 6.45) is 0. The van der Waals surface area contributed by atoms with Gasteiger partial charge in [-0.05, 0) is 55.8 Å². The lowest BCUT2D eigenvalue weighted by Gasteiger charge is -2.06. The molecular weight excluding hydrogens is 262 g/mol. The molecule has 0 saturated heterocycles. The third kappa shape index (κ3) is 1.32. The molecule has 0 fully saturated rings. The van der Waals surface area contributed by atoms with E-state index in [1.165, 1.54) is 53.5 Å². The van der Waals surface area contributed by atoms with E-state index < -0.39 is 0 Å². The first-order valence-electron chi connectivity index (χ1n) is 6.99. The predicted molar refractivity (Wildman–Crippen MR) is 90.1 cm³/mol. The van der Waals surface area contributed by atoms with Crippen molar-refractivity contribution in [3.8, 4) is 0 Å². The quantitative estimate of drug-likeness (QED) is 0.420. The minimum Gasteiger partial charge on any atom is -0.354 e. The largest absolute Gasteiger partial charge is 0.354 e. The zero-order valence-electron chi connectivity index (χ0n) is 12.2. The number of aromatic amines is 1. The van der Waals surface area contributed by atoms with Crippen LogP contribution in [0.3, 0.4) is 0 Å². The van der Waals surface area contributed by atoms with Gasteiger partial charge >= 0.3 is 0 Å². The molecule has 4 aromatic rings. The van der Waals surface area contributed by atoms with Crippen molar-refractivity contribution in [1.29, 1.82) is 0 Å². The van der Waals surface area contributed by atoms with Crippen LogP contribution in [0, 0.1) is 27.7 Å². The first kappa shape index (κ1) is 12.0. The van der Waals surface area contributed by atoms with Crippen LogP contribution < -0.4 is 0 Å². The van der Waals surface area contributed by atoms with Crippen molar-refractivity contribution in [2.45, 2.75) is 27.7 Å². The molecule has 0 spiro atoms. The molecule has 4 rings (SSSR count). The smallest absolute Gasteiger partial charge is 0.0511 e. The number of rotatable bonds is 0. The lowest BCUT2D eigenvalue weighted by atomic mass is 9.98. The third-order valence-electron chi connectivity index (χ3n) is 4.56. The minimum absolute atomic E-state index is 1.24. The number of benzene rings is 2. The van der Waals surface area contributed by atoms with Gasteiger partial charge in [-0.15, -0.1) is 11.3 Å². The second-order valence-corrected chi connectivity index (χ2v) is 6.88.